The molecule has 1 fully saturated rings. The van der Waals surface area contributed by atoms with E-state index in [1.165, 1.54) is 0 Å². The molecule has 0 saturated carbocycles. The third-order valence-electron chi connectivity index (χ3n) is 2.58. The van der Waals surface area contributed by atoms with E-state index in [9.17, 15) is 5.11 Å². The Bertz CT molecular complexity index is 153. The van der Waals surface area contributed by atoms with Gasteiger partial charge in [0.25, 0.3) is 0 Å². The summed E-state index contributed by atoms with van der Waals surface area (Å²) in [6.07, 6.45) is 0.922. The second-order valence-electron chi connectivity index (χ2n) is 3.71. The van der Waals surface area contributed by atoms with E-state index >= 15 is 0 Å². The second kappa shape index (κ2) is 3.99. The summed E-state index contributed by atoms with van der Waals surface area (Å²) in [4.78, 5) is 0. The lowest BCUT2D eigenvalue weighted by atomic mass is 9.93. The molecule has 0 aromatic carbocycles. The summed E-state index contributed by atoms with van der Waals surface area (Å²) < 4.78 is 0. The largest absolute Gasteiger partial charge is 0.387 e. The quantitative estimate of drug-likeness (QED) is 0.700. The van der Waals surface area contributed by atoms with E-state index in [1.54, 1.807) is 0 Å². The van der Waals surface area contributed by atoms with Crippen molar-refractivity contribution in [3.05, 3.63) is 0 Å². The van der Waals surface area contributed by atoms with Gasteiger partial charge >= 0.3 is 0 Å². The molecule has 1 rings (SSSR count). The molecule has 1 heterocycles. The molecule has 3 heteroatoms. The number of nitrogens with one attached hydrogen (secondary N) is 1. The number of hydrogen-bond acceptors (Lipinski definition) is 3. The normalized spacial score (nSPS) is 38.5. The van der Waals surface area contributed by atoms with Crippen LogP contribution in [-0.2, 0) is 0 Å². The molecular weight excluding hydrogens is 170 g/mol. The maximum absolute atomic E-state index is 10.2. The van der Waals surface area contributed by atoms with Gasteiger partial charge in [-0.25, -0.2) is 0 Å². The zero-order chi connectivity index (χ0) is 9.19. The lowest BCUT2D eigenvalue weighted by Gasteiger charge is -2.29. The molecular formula is C9H19NOS. The van der Waals surface area contributed by atoms with Crippen molar-refractivity contribution in [2.24, 2.45) is 0 Å². The van der Waals surface area contributed by atoms with Crippen LogP contribution in [-0.4, -0.2) is 34.3 Å². The van der Waals surface area contributed by atoms with Gasteiger partial charge in [-0.1, -0.05) is 13.8 Å². The highest BCUT2D eigenvalue weighted by molar-refractivity contribution is 8.00. The van der Waals surface area contributed by atoms with Crippen molar-refractivity contribution in [3.63, 3.8) is 0 Å². The molecule has 0 bridgehead atoms. The number of thioether (sulfide) groups is 1. The highest BCUT2D eigenvalue weighted by atomic mass is 32.2. The van der Waals surface area contributed by atoms with Gasteiger partial charge in [0.05, 0.1) is 5.60 Å². The van der Waals surface area contributed by atoms with Crippen molar-refractivity contribution in [1.29, 1.82) is 0 Å². The molecule has 1 aliphatic rings. The lowest BCUT2D eigenvalue weighted by Crippen LogP contribution is -2.49. The summed E-state index contributed by atoms with van der Waals surface area (Å²) in [6.45, 7) is 7.26. The molecule has 0 spiro atoms. The highest BCUT2D eigenvalue weighted by Gasteiger charge is 2.40. The molecule has 1 aliphatic heterocycles. The average Bonchev–Trinajstić information content (AvgIpc) is 2.33. The summed E-state index contributed by atoms with van der Waals surface area (Å²) >= 11 is 1.87. The van der Waals surface area contributed by atoms with Crippen LogP contribution in [0.5, 0.6) is 0 Å². The Morgan fingerprint density at radius 2 is 2.42 bits per heavy atom. The monoisotopic (exact) mass is 189 g/mol. The number of hydrogen-bond donors (Lipinski definition) is 2. The average molecular weight is 189 g/mol. The van der Waals surface area contributed by atoms with Crippen molar-refractivity contribution >= 4 is 11.8 Å². The second-order valence-corrected chi connectivity index (χ2v) is 5.14. The fourth-order valence-corrected chi connectivity index (χ4v) is 3.05. The van der Waals surface area contributed by atoms with Gasteiger partial charge in [-0.2, -0.15) is 11.8 Å². The standard InChI is InChI=1S/C9H19NOS/c1-4-10-8(3)9(11)5-7(2)12-6-9/h7-8,10-11H,4-6H2,1-3H3. The minimum atomic E-state index is -0.472. The maximum Gasteiger partial charge on any atom is 0.0897 e. The highest BCUT2D eigenvalue weighted by Crippen LogP contribution is 2.36. The molecule has 2 N–H and O–H groups in total. The SMILES string of the molecule is CCNC(C)C1(O)CSC(C)C1. The lowest BCUT2D eigenvalue weighted by molar-refractivity contribution is 0.0299. The number of aliphatic hydroxyl groups is 1. The van der Waals surface area contributed by atoms with E-state index < -0.39 is 5.60 Å². The van der Waals surface area contributed by atoms with E-state index in [0.717, 1.165) is 18.7 Å². The summed E-state index contributed by atoms with van der Waals surface area (Å²) in [5, 5.41) is 14.1. The molecule has 0 aromatic rings. The van der Waals surface area contributed by atoms with Crippen molar-refractivity contribution in [2.45, 2.75) is 44.1 Å². The van der Waals surface area contributed by atoms with E-state index in [1.807, 2.05) is 11.8 Å². The first-order valence-electron chi connectivity index (χ1n) is 4.66. The van der Waals surface area contributed by atoms with Crippen LogP contribution in [0.1, 0.15) is 27.2 Å². The number of rotatable bonds is 3. The minimum absolute atomic E-state index is 0.222. The predicted octanol–water partition coefficient (Wildman–Crippen LogP) is 1.24. The van der Waals surface area contributed by atoms with Gasteiger partial charge in [-0.3, -0.25) is 0 Å². The van der Waals surface area contributed by atoms with Crippen LogP contribution in [0, 0.1) is 0 Å². The van der Waals surface area contributed by atoms with Gasteiger partial charge < -0.3 is 10.4 Å². The minimum Gasteiger partial charge on any atom is -0.387 e. The molecule has 12 heavy (non-hydrogen) atoms. The maximum atomic E-state index is 10.2. The molecule has 0 aromatic heterocycles. The van der Waals surface area contributed by atoms with Gasteiger partial charge in [0.15, 0.2) is 0 Å². The van der Waals surface area contributed by atoms with Gasteiger partial charge in [0.1, 0.15) is 0 Å². The van der Waals surface area contributed by atoms with Crippen molar-refractivity contribution in [1.82, 2.24) is 5.32 Å². The molecule has 0 radical (unpaired) electrons. The van der Waals surface area contributed by atoms with Crippen LogP contribution >= 0.6 is 11.8 Å². The zero-order valence-electron chi connectivity index (χ0n) is 8.13. The fraction of sp³-hybridized carbons (Fsp3) is 1.00. The summed E-state index contributed by atoms with van der Waals surface area (Å²) in [5.41, 5.74) is -0.472. The van der Waals surface area contributed by atoms with Crippen molar-refractivity contribution in [2.75, 3.05) is 12.3 Å². The third kappa shape index (κ3) is 2.15. The van der Waals surface area contributed by atoms with Crippen LogP contribution < -0.4 is 5.32 Å². The topological polar surface area (TPSA) is 32.3 Å². The van der Waals surface area contributed by atoms with Crippen LogP contribution in [0.25, 0.3) is 0 Å². The Balaban J connectivity index is 2.48. The molecule has 3 atom stereocenters. The third-order valence-corrected chi connectivity index (χ3v) is 3.98. The zero-order valence-corrected chi connectivity index (χ0v) is 8.95. The Labute approximate surface area is 79.1 Å². The van der Waals surface area contributed by atoms with E-state index in [4.69, 9.17) is 0 Å². The summed E-state index contributed by atoms with van der Waals surface area (Å²) in [6, 6.07) is 0.222. The van der Waals surface area contributed by atoms with Crippen molar-refractivity contribution in [3.8, 4) is 0 Å². The van der Waals surface area contributed by atoms with Crippen LogP contribution in [0.15, 0.2) is 0 Å². The van der Waals surface area contributed by atoms with Gasteiger partial charge in [0.2, 0.25) is 0 Å². The molecule has 1 saturated heterocycles. The van der Waals surface area contributed by atoms with Gasteiger partial charge in [0, 0.05) is 17.0 Å². The Hall–Kier alpha value is 0.270. The first-order valence-corrected chi connectivity index (χ1v) is 5.70. The van der Waals surface area contributed by atoms with Crippen molar-refractivity contribution < 1.29 is 5.11 Å². The number of likely N-dealkylation sites (N-methyl/N-ethyl adjacent to an activating group) is 1. The predicted molar refractivity (Wildman–Crippen MR) is 54.6 cm³/mol. The molecule has 2 nitrogen and oxygen atoms in total. The Morgan fingerprint density at radius 3 is 2.83 bits per heavy atom. The molecule has 0 aliphatic carbocycles. The molecule has 0 amide bonds. The van der Waals surface area contributed by atoms with E-state index in [2.05, 4.69) is 26.1 Å². The van der Waals surface area contributed by atoms with E-state index in [-0.39, 0.29) is 6.04 Å². The van der Waals surface area contributed by atoms with Crippen LogP contribution in [0.2, 0.25) is 0 Å². The smallest absolute Gasteiger partial charge is 0.0897 e. The summed E-state index contributed by atoms with van der Waals surface area (Å²) in [7, 11) is 0. The Morgan fingerprint density at radius 1 is 1.75 bits per heavy atom. The van der Waals surface area contributed by atoms with Gasteiger partial charge in [-0.05, 0) is 19.9 Å². The summed E-state index contributed by atoms with van der Waals surface area (Å²) in [5.74, 6) is 0.877. The van der Waals surface area contributed by atoms with Gasteiger partial charge in [-0.15, -0.1) is 0 Å². The van der Waals surface area contributed by atoms with Crippen LogP contribution in [0.4, 0.5) is 0 Å². The van der Waals surface area contributed by atoms with E-state index in [0.29, 0.717) is 5.25 Å². The molecule has 72 valence electrons. The van der Waals surface area contributed by atoms with Crippen LogP contribution in [0.3, 0.4) is 0 Å². The Kier molecular flexibility index (Phi) is 3.44. The molecule has 3 unspecified atom stereocenters. The first-order chi connectivity index (χ1) is 5.58. The first kappa shape index (κ1) is 10.4. The fourth-order valence-electron chi connectivity index (χ4n) is 1.70.